The summed E-state index contributed by atoms with van der Waals surface area (Å²) in [5.41, 5.74) is 24.6. The average Bonchev–Trinajstić information content (AvgIpc) is 2.71. The van der Waals surface area contributed by atoms with Gasteiger partial charge >= 0.3 is 6.09 Å². The van der Waals surface area contributed by atoms with Crippen LogP contribution in [0.5, 0.6) is 0 Å². The number of hydrogen-bond donors (Lipinski definition) is 5. The first-order valence-corrected chi connectivity index (χ1v) is 10.4. The van der Waals surface area contributed by atoms with Crippen molar-refractivity contribution >= 4 is 29.4 Å². The van der Waals surface area contributed by atoms with E-state index in [0.717, 1.165) is 49.4 Å². The van der Waals surface area contributed by atoms with Crippen LogP contribution in [-0.4, -0.2) is 41.1 Å². The third kappa shape index (κ3) is 5.97. The summed E-state index contributed by atoms with van der Waals surface area (Å²) in [5, 5.41) is 7.50. The first-order chi connectivity index (χ1) is 14.8. The summed E-state index contributed by atoms with van der Waals surface area (Å²) in [6, 6.07) is 7.27. The highest BCUT2D eigenvalue weighted by atomic mass is 16.6. The smallest absolute Gasteiger partial charge is 0.404 e. The van der Waals surface area contributed by atoms with Crippen molar-refractivity contribution in [1.82, 2.24) is 9.97 Å². The lowest BCUT2D eigenvalue weighted by molar-refractivity contribution is 0.0591. The van der Waals surface area contributed by atoms with Crippen molar-refractivity contribution in [1.29, 1.82) is 5.41 Å². The van der Waals surface area contributed by atoms with E-state index < -0.39 is 6.09 Å². The predicted octanol–water partition coefficient (Wildman–Crippen LogP) is 2.22. The maximum absolute atomic E-state index is 10.0. The Bertz CT molecular complexity index is 939. The zero-order chi connectivity index (χ0) is 22.4. The third-order valence-electron chi connectivity index (χ3n) is 5.38. The van der Waals surface area contributed by atoms with Gasteiger partial charge in [0.1, 0.15) is 17.8 Å². The lowest BCUT2D eigenvalue weighted by atomic mass is 9.96. The number of nitrogens with two attached hydrogens (primary N) is 4. The number of nitrogen functional groups attached to an aromatic ring is 3. The van der Waals surface area contributed by atoms with Crippen molar-refractivity contribution in [2.24, 2.45) is 11.5 Å². The standard InChI is InChI=1S/C16H21N7.C5H9NO2/c17-12-8-10(4-5-11(12)15(18)19)13-9-14(22-16(20)21-13)23-6-2-1-3-7-23;6-5(7)8-4-2-1-3-4/h4-5,8-9H,1-3,6-7,17H2,(H3,18,19)(H2,20,21,22);4H,1-3H2,(H2,6,7). The van der Waals surface area contributed by atoms with Crippen LogP contribution in [0.2, 0.25) is 0 Å². The molecule has 31 heavy (non-hydrogen) atoms. The number of anilines is 3. The van der Waals surface area contributed by atoms with Crippen molar-refractivity contribution in [3.05, 3.63) is 29.8 Å². The van der Waals surface area contributed by atoms with E-state index in [0.29, 0.717) is 11.3 Å². The van der Waals surface area contributed by atoms with Gasteiger partial charge in [-0.25, -0.2) is 9.78 Å². The minimum atomic E-state index is -0.644. The van der Waals surface area contributed by atoms with E-state index in [4.69, 9.17) is 28.3 Å². The molecule has 1 aliphatic heterocycles. The minimum Gasteiger partial charge on any atom is -0.446 e. The first kappa shape index (κ1) is 22.1. The number of carbonyl (C=O) groups excluding carboxylic acids is 1. The fourth-order valence-electron chi connectivity index (χ4n) is 3.51. The molecule has 9 N–H and O–H groups in total. The van der Waals surface area contributed by atoms with Gasteiger partial charge in [-0.15, -0.1) is 0 Å². The van der Waals surface area contributed by atoms with Gasteiger partial charge in [0, 0.05) is 36.0 Å². The number of nitrogens with one attached hydrogen (secondary N) is 1. The van der Waals surface area contributed by atoms with Gasteiger partial charge < -0.3 is 32.6 Å². The summed E-state index contributed by atoms with van der Waals surface area (Å²) < 4.78 is 4.62. The molecule has 2 fully saturated rings. The van der Waals surface area contributed by atoms with Gasteiger partial charge in [-0.1, -0.05) is 6.07 Å². The molecule has 1 aromatic heterocycles. The molecule has 0 spiro atoms. The molecule has 4 rings (SSSR count). The van der Waals surface area contributed by atoms with Crippen molar-refractivity contribution in [2.75, 3.05) is 29.5 Å². The number of piperidine rings is 1. The zero-order valence-corrected chi connectivity index (χ0v) is 17.5. The number of primary amides is 1. The summed E-state index contributed by atoms with van der Waals surface area (Å²) >= 11 is 0. The highest BCUT2D eigenvalue weighted by Gasteiger charge is 2.20. The van der Waals surface area contributed by atoms with E-state index in [-0.39, 0.29) is 17.9 Å². The summed E-state index contributed by atoms with van der Waals surface area (Å²) in [5.74, 6) is 1.05. The van der Waals surface area contributed by atoms with E-state index in [2.05, 4.69) is 19.6 Å². The zero-order valence-electron chi connectivity index (χ0n) is 17.5. The lowest BCUT2D eigenvalue weighted by Crippen LogP contribution is -2.30. The number of hydrogen-bond acceptors (Lipinski definition) is 8. The molecule has 1 amide bonds. The molecule has 0 radical (unpaired) electrons. The van der Waals surface area contributed by atoms with E-state index in [9.17, 15) is 4.79 Å². The van der Waals surface area contributed by atoms with Crippen LogP contribution in [0.15, 0.2) is 24.3 Å². The van der Waals surface area contributed by atoms with Crippen molar-refractivity contribution in [3.8, 4) is 11.3 Å². The largest absolute Gasteiger partial charge is 0.446 e. The third-order valence-corrected chi connectivity index (χ3v) is 5.38. The Labute approximate surface area is 181 Å². The van der Waals surface area contributed by atoms with Crippen LogP contribution in [0, 0.1) is 5.41 Å². The molecule has 1 saturated heterocycles. The van der Waals surface area contributed by atoms with Crippen molar-refractivity contribution in [2.45, 2.75) is 44.6 Å². The number of benzene rings is 1. The highest BCUT2D eigenvalue weighted by Crippen LogP contribution is 2.27. The van der Waals surface area contributed by atoms with Gasteiger partial charge in [0.25, 0.3) is 0 Å². The molecule has 10 heteroatoms. The van der Waals surface area contributed by atoms with Crippen LogP contribution in [0.1, 0.15) is 44.1 Å². The highest BCUT2D eigenvalue weighted by molar-refractivity contribution is 6.00. The monoisotopic (exact) mass is 426 g/mol. The summed E-state index contributed by atoms with van der Waals surface area (Å²) in [7, 11) is 0. The fraction of sp³-hybridized carbons (Fsp3) is 0.429. The van der Waals surface area contributed by atoms with Crippen LogP contribution in [0.4, 0.5) is 22.2 Å². The molecule has 166 valence electrons. The van der Waals surface area contributed by atoms with Crippen LogP contribution in [-0.2, 0) is 4.74 Å². The molecule has 2 aromatic rings. The number of aromatic nitrogens is 2. The molecule has 1 aliphatic carbocycles. The average molecular weight is 427 g/mol. The molecule has 0 bridgehead atoms. The Morgan fingerprint density at radius 1 is 1.03 bits per heavy atom. The number of amidine groups is 1. The molecule has 1 aromatic carbocycles. The number of nitrogens with zero attached hydrogens (tertiary/aromatic N) is 3. The maximum atomic E-state index is 10.0. The van der Waals surface area contributed by atoms with Gasteiger partial charge in [0.05, 0.1) is 5.69 Å². The Morgan fingerprint density at radius 2 is 1.74 bits per heavy atom. The van der Waals surface area contributed by atoms with Gasteiger partial charge in [0.2, 0.25) is 5.95 Å². The van der Waals surface area contributed by atoms with Crippen LogP contribution in [0.3, 0.4) is 0 Å². The normalized spacial score (nSPS) is 15.9. The Kier molecular flexibility index (Phi) is 7.11. The van der Waals surface area contributed by atoms with Crippen LogP contribution in [0.25, 0.3) is 11.3 Å². The first-order valence-electron chi connectivity index (χ1n) is 10.4. The second kappa shape index (κ2) is 9.96. The van der Waals surface area contributed by atoms with Crippen LogP contribution >= 0.6 is 0 Å². The predicted molar refractivity (Wildman–Crippen MR) is 122 cm³/mol. The molecule has 0 atom stereocenters. The maximum Gasteiger partial charge on any atom is 0.404 e. The molecule has 2 heterocycles. The molecule has 10 nitrogen and oxygen atoms in total. The second-order valence-corrected chi connectivity index (χ2v) is 7.72. The topological polar surface area (TPSA) is 183 Å². The Morgan fingerprint density at radius 3 is 2.26 bits per heavy atom. The van der Waals surface area contributed by atoms with Gasteiger partial charge in [-0.3, -0.25) is 5.41 Å². The second-order valence-electron chi connectivity index (χ2n) is 7.72. The summed E-state index contributed by atoms with van der Waals surface area (Å²) in [4.78, 5) is 20.9. The number of amides is 1. The number of ether oxygens (including phenoxy) is 1. The van der Waals surface area contributed by atoms with Crippen molar-refractivity contribution in [3.63, 3.8) is 0 Å². The van der Waals surface area contributed by atoms with Gasteiger partial charge in [-0.2, -0.15) is 4.98 Å². The summed E-state index contributed by atoms with van der Waals surface area (Å²) in [6.45, 7) is 1.97. The van der Waals surface area contributed by atoms with E-state index in [1.165, 1.54) is 19.3 Å². The molecule has 2 aliphatic rings. The molecular weight excluding hydrogens is 396 g/mol. The minimum absolute atomic E-state index is 0.0507. The molecule has 1 saturated carbocycles. The number of rotatable bonds is 4. The quantitative estimate of drug-likeness (QED) is 0.280. The van der Waals surface area contributed by atoms with E-state index in [1.54, 1.807) is 12.1 Å². The van der Waals surface area contributed by atoms with E-state index in [1.807, 2.05) is 12.1 Å². The van der Waals surface area contributed by atoms with Crippen molar-refractivity contribution < 1.29 is 9.53 Å². The van der Waals surface area contributed by atoms with E-state index >= 15 is 0 Å². The lowest BCUT2D eigenvalue weighted by Gasteiger charge is -2.28. The van der Waals surface area contributed by atoms with Gasteiger partial charge in [0.15, 0.2) is 0 Å². The fourth-order valence-corrected chi connectivity index (χ4v) is 3.51. The summed E-state index contributed by atoms with van der Waals surface area (Å²) in [6.07, 6.45) is 6.22. The van der Waals surface area contributed by atoms with Crippen LogP contribution < -0.4 is 27.8 Å². The molecule has 0 unspecified atom stereocenters. The SMILES string of the molecule is N=C(N)c1ccc(-c2cc(N3CCCCC3)nc(N)n2)cc1N.NC(=O)OC1CCC1. The number of carbonyl (C=O) groups is 1. The Hall–Kier alpha value is -3.56. The molecular formula is C21H30N8O2. The Balaban J connectivity index is 0.000000287. The van der Waals surface area contributed by atoms with Gasteiger partial charge in [-0.05, 0) is 50.7 Å².